The van der Waals surface area contributed by atoms with E-state index in [1.807, 2.05) is 32.2 Å². The van der Waals surface area contributed by atoms with Gasteiger partial charge in [0.05, 0.1) is 14.2 Å². The maximum atomic E-state index is 12.0. The number of aryl methyl sites for hydroxylation is 1. The Kier molecular flexibility index (Phi) is 4.59. The van der Waals surface area contributed by atoms with Crippen molar-refractivity contribution in [2.24, 2.45) is 7.05 Å². The van der Waals surface area contributed by atoms with E-state index in [4.69, 9.17) is 9.47 Å². The summed E-state index contributed by atoms with van der Waals surface area (Å²) in [6.45, 7) is 5.90. The minimum absolute atomic E-state index is 0.0327. The quantitative estimate of drug-likeness (QED) is 0.870. The van der Waals surface area contributed by atoms with Gasteiger partial charge in [-0.3, -0.25) is 4.79 Å². The zero-order valence-corrected chi connectivity index (χ0v) is 14.1. The normalized spacial score (nSPS) is 10.6. The minimum Gasteiger partial charge on any atom is -0.496 e. The first-order valence-corrected chi connectivity index (χ1v) is 7.36. The third-order valence-electron chi connectivity index (χ3n) is 4.20. The molecule has 0 spiro atoms. The van der Waals surface area contributed by atoms with Crippen molar-refractivity contribution < 1.29 is 9.47 Å². The Labute approximate surface area is 131 Å². The van der Waals surface area contributed by atoms with Crippen molar-refractivity contribution >= 4 is 0 Å². The van der Waals surface area contributed by atoms with Crippen LogP contribution in [-0.2, 0) is 13.5 Å². The van der Waals surface area contributed by atoms with Gasteiger partial charge in [-0.2, -0.15) is 0 Å². The van der Waals surface area contributed by atoms with Crippen molar-refractivity contribution in [2.75, 3.05) is 14.2 Å². The van der Waals surface area contributed by atoms with Gasteiger partial charge in [0, 0.05) is 29.9 Å². The summed E-state index contributed by atoms with van der Waals surface area (Å²) in [4.78, 5) is 12.0. The summed E-state index contributed by atoms with van der Waals surface area (Å²) in [5.74, 6) is 1.62. The van der Waals surface area contributed by atoms with Crippen LogP contribution in [0.3, 0.4) is 0 Å². The molecule has 0 atom stereocenters. The molecular formula is C18H23NO3. The first kappa shape index (κ1) is 16.1. The van der Waals surface area contributed by atoms with E-state index in [-0.39, 0.29) is 5.56 Å². The molecule has 0 amide bonds. The van der Waals surface area contributed by atoms with Crippen LogP contribution in [0.5, 0.6) is 11.5 Å². The SMILES string of the molecule is CCc1c(OC)cc(-c2cn(C)c(=O)c(C)c2C)cc1OC. The predicted octanol–water partition coefficient (Wildman–Crippen LogP) is 3.25. The van der Waals surface area contributed by atoms with Gasteiger partial charge in [-0.25, -0.2) is 0 Å². The van der Waals surface area contributed by atoms with E-state index >= 15 is 0 Å². The molecule has 0 aliphatic heterocycles. The number of methoxy groups -OCH3 is 2. The zero-order valence-electron chi connectivity index (χ0n) is 14.1. The molecule has 1 aromatic heterocycles. The average molecular weight is 301 g/mol. The molecule has 0 fully saturated rings. The summed E-state index contributed by atoms with van der Waals surface area (Å²) in [7, 11) is 5.10. The summed E-state index contributed by atoms with van der Waals surface area (Å²) in [6.07, 6.45) is 2.70. The minimum atomic E-state index is 0.0327. The van der Waals surface area contributed by atoms with Gasteiger partial charge in [-0.15, -0.1) is 0 Å². The van der Waals surface area contributed by atoms with Crippen LogP contribution in [0, 0.1) is 13.8 Å². The lowest BCUT2D eigenvalue weighted by molar-refractivity contribution is 0.386. The molecule has 1 aromatic carbocycles. The molecule has 1 heterocycles. The molecule has 118 valence electrons. The predicted molar refractivity (Wildman–Crippen MR) is 89.1 cm³/mol. The van der Waals surface area contributed by atoms with Crippen LogP contribution in [0.15, 0.2) is 23.1 Å². The third kappa shape index (κ3) is 2.61. The molecule has 0 aliphatic rings. The van der Waals surface area contributed by atoms with Crippen molar-refractivity contribution in [3.8, 4) is 22.6 Å². The van der Waals surface area contributed by atoms with Crippen molar-refractivity contribution in [3.05, 3.63) is 45.4 Å². The summed E-state index contributed by atoms with van der Waals surface area (Å²) < 4.78 is 12.6. The molecule has 4 heteroatoms. The molecule has 0 saturated heterocycles. The topological polar surface area (TPSA) is 40.5 Å². The fourth-order valence-corrected chi connectivity index (χ4v) is 2.76. The monoisotopic (exact) mass is 301 g/mol. The molecule has 2 aromatic rings. The number of pyridine rings is 1. The number of hydrogen-bond donors (Lipinski definition) is 0. The first-order chi connectivity index (χ1) is 10.4. The Morgan fingerprint density at radius 3 is 2.05 bits per heavy atom. The molecule has 0 bridgehead atoms. The summed E-state index contributed by atoms with van der Waals surface area (Å²) in [5, 5.41) is 0. The van der Waals surface area contributed by atoms with Crippen LogP contribution >= 0.6 is 0 Å². The molecule has 2 rings (SSSR count). The van der Waals surface area contributed by atoms with Gasteiger partial charge in [0.25, 0.3) is 5.56 Å². The van der Waals surface area contributed by atoms with Crippen molar-refractivity contribution in [2.45, 2.75) is 27.2 Å². The Bertz CT molecular complexity index is 735. The Morgan fingerprint density at radius 1 is 1.05 bits per heavy atom. The number of hydrogen-bond acceptors (Lipinski definition) is 3. The van der Waals surface area contributed by atoms with E-state index in [1.54, 1.807) is 25.8 Å². The highest BCUT2D eigenvalue weighted by molar-refractivity contribution is 5.72. The molecule has 0 unspecified atom stereocenters. The summed E-state index contributed by atoms with van der Waals surface area (Å²) in [6, 6.07) is 4.02. The Morgan fingerprint density at radius 2 is 1.59 bits per heavy atom. The van der Waals surface area contributed by atoms with Gasteiger partial charge in [-0.05, 0) is 43.5 Å². The summed E-state index contributed by atoms with van der Waals surface area (Å²) >= 11 is 0. The van der Waals surface area contributed by atoms with E-state index in [0.717, 1.165) is 45.7 Å². The lowest BCUT2D eigenvalue weighted by atomic mass is 9.97. The van der Waals surface area contributed by atoms with Crippen LogP contribution in [0.1, 0.15) is 23.6 Å². The molecule has 22 heavy (non-hydrogen) atoms. The lowest BCUT2D eigenvalue weighted by Crippen LogP contribution is -2.20. The Balaban J connectivity index is 2.76. The van der Waals surface area contributed by atoms with Gasteiger partial charge < -0.3 is 14.0 Å². The van der Waals surface area contributed by atoms with Gasteiger partial charge in [0.2, 0.25) is 0 Å². The summed E-state index contributed by atoms with van der Waals surface area (Å²) in [5.41, 5.74) is 4.83. The lowest BCUT2D eigenvalue weighted by Gasteiger charge is -2.17. The Hall–Kier alpha value is -2.23. The highest BCUT2D eigenvalue weighted by Gasteiger charge is 2.15. The molecular weight excluding hydrogens is 278 g/mol. The van der Waals surface area contributed by atoms with E-state index in [0.29, 0.717) is 0 Å². The standard InChI is InChI=1S/C18H23NO3/c1-7-14-16(21-5)8-13(9-17(14)22-6)15-10-19(4)18(20)12(3)11(15)2/h8-10H,7H2,1-6H3. The molecule has 0 saturated carbocycles. The highest BCUT2D eigenvalue weighted by atomic mass is 16.5. The van der Waals surface area contributed by atoms with Gasteiger partial charge in [-0.1, -0.05) is 6.92 Å². The largest absolute Gasteiger partial charge is 0.496 e. The first-order valence-electron chi connectivity index (χ1n) is 7.36. The number of benzene rings is 1. The number of rotatable bonds is 4. The van der Waals surface area contributed by atoms with E-state index in [9.17, 15) is 4.79 Å². The second kappa shape index (κ2) is 6.26. The maximum Gasteiger partial charge on any atom is 0.253 e. The fourth-order valence-electron chi connectivity index (χ4n) is 2.76. The van der Waals surface area contributed by atoms with Gasteiger partial charge in [0.1, 0.15) is 11.5 Å². The molecule has 0 N–H and O–H groups in total. The van der Waals surface area contributed by atoms with Crippen LogP contribution in [0.25, 0.3) is 11.1 Å². The van der Waals surface area contributed by atoms with Crippen LogP contribution in [0.2, 0.25) is 0 Å². The molecule has 0 radical (unpaired) electrons. The van der Waals surface area contributed by atoms with E-state index in [2.05, 4.69) is 6.92 Å². The number of ether oxygens (including phenoxy) is 2. The van der Waals surface area contributed by atoms with Crippen molar-refractivity contribution in [3.63, 3.8) is 0 Å². The zero-order chi connectivity index (χ0) is 16.4. The second-order valence-corrected chi connectivity index (χ2v) is 5.42. The smallest absolute Gasteiger partial charge is 0.253 e. The van der Waals surface area contributed by atoms with E-state index in [1.165, 1.54) is 0 Å². The second-order valence-electron chi connectivity index (χ2n) is 5.42. The number of nitrogens with zero attached hydrogens (tertiary/aromatic N) is 1. The van der Waals surface area contributed by atoms with Crippen LogP contribution in [-0.4, -0.2) is 18.8 Å². The molecule has 4 nitrogen and oxygen atoms in total. The van der Waals surface area contributed by atoms with Gasteiger partial charge >= 0.3 is 0 Å². The number of aromatic nitrogens is 1. The van der Waals surface area contributed by atoms with Crippen LogP contribution < -0.4 is 15.0 Å². The highest BCUT2D eigenvalue weighted by Crippen LogP contribution is 2.36. The fraction of sp³-hybridized carbons (Fsp3) is 0.389. The van der Waals surface area contributed by atoms with Crippen LogP contribution in [0.4, 0.5) is 0 Å². The van der Waals surface area contributed by atoms with Crippen molar-refractivity contribution in [1.29, 1.82) is 0 Å². The third-order valence-corrected chi connectivity index (χ3v) is 4.20. The molecule has 0 aliphatic carbocycles. The van der Waals surface area contributed by atoms with E-state index < -0.39 is 0 Å². The van der Waals surface area contributed by atoms with Crippen molar-refractivity contribution in [1.82, 2.24) is 4.57 Å². The maximum absolute atomic E-state index is 12.0. The average Bonchev–Trinajstić information content (AvgIpc) is 2.54. The van der Waals surface area contributed by atoms with Gasteiger partial charge in [0.15, 0.2) is 0 Å².